The van der Waals surface area contributed by atoms with E-state index in [1.807, 2.05) is 12.2 Å². The summed E-state index contributed by atoms with van der Waals surface area (Å²) in [5, 5.41) is 4.46. The second-order valence-corrected chi connectivity index (χ2v) is 4.24. The Bertz CT molecular complexity index is 550. The average Bonchev–Trinajstić information content (AvgIpc) is 2.92. The Morgan fingerprint density at radius 1 is 1.29 bits per heavy atom. The Morgan fingerprint density at radius 2 is 2.00 bits per heavy atom. The molecule has 0 aromatic carbocycles. The van der Waals surface area contributed by atoms with Crippen molar-refractivity contribution in [2.24, 2.45) is 0 Å². The minimum absolute atomic E-state index is 0.0587. The number of aromatic nitrogens is 1. The molecule has 0 aliphatic carbocycles. The van der Waals surface area contributed by atoms with Crippen molar-refractivity contribution in [1.29, 1.82) is 0 Å². The number of rotatable bonds is 6. The lowest BCUT2D eigenvalue weighted by Crippen LogP contribution is -2.41. The number of H-pyrrole nitrogens is 1. The Morgan fingerprint density at radius 3 is 2.57 bits per heavy atom. The molecule has 3 amide bonds. The number of ether oxygens (including phenoxy) is 1. The molecular weight excluding hydrogens is 278 g/mol. The number of esters is 1. The van der Waals surface area contributed by atoms with Crippen molar-refractivity contribution in [3.8, 4) is 0 Å². The van der Waals surface area contributed by atoms with Gasteiger partial charge < -0.3 is 15.0 Å². The third-order valence-electron chi connectivity index (χ3n) is 2.43. The monoisotopic (exact) mass is 295 g/mol. The van der Waals surface area contributed by atoms with Crippen LogP contribution in [0.4, 0.5) is 4.79 Å². The first-order valence-corrected chi connectivity index (χ1v) is 6.38. The summed E-state index contributed by atoms with van der Waals surface area (Å²) in [7, 11) is 0. The summed E-state index contributed by atoms with van der Waals surface area (Å²) < 4.78 is 4.71. The molecule has 21 heavy (non-hydrogen) atoms. The highest BCUT2D eigenvalue weighted by molar-refractivity contribution is 5.99. The van der Waals surface area contributed by atoms with E-state index < -0.39 is 24.5 Å². The van der Waals surface area contributed by atoms with E-state index in [1.54, 1.807) is 0 Å². The molecule has 8 heteroatoms. The van der Waals surface area contributed by atoms with E-state index in [9.17, 15) is 19.2 Å². The quantitative estimate of drug-likeness (QED) is 0.525. The van der Waals surface area contributed by atoms with Crippen LogP contribution in [0.25, 0.3) is 0 Å². The van der Waals surface area contributed by atoms with E-state index in [1.165, 1.54) is 19.2 Å². The van der Waals surface area contributed by atoms with E-state index in [-0.39, 0.29) is 11.5 Å². The van der Waals surface area contributed by atoms with E-state index in [4.69, 9.17) is 4.74 Å². The van der Waals surface area contributed by atoms with Gasteiger partial charge in [-0.15, -0.1) is 0 Å². The van der Waals surface area contributed by atoms with Gasteiger partial charge in [0.05, 0.1) is 0 Å². The first-order valence-electron chi connectivity index (χ1n) is 6.38. The van der Waals surface area contributed by atoms with Gasteiger partial charge in [-0.25, -0.2) is 9.59 Å². The Labute approximate surface area is 121 Å². The molecule has 0 saturated heterocycles. The van der Waals surface area contributed by atoms with E-state index in [2.05, 4.69) is 10.3 Å². The van der Waals surface area contributed by atoms with Crippen molar-refractivity contribution in [3.05, 3.63) is 23.5 Å². The number of Topliss-reactive ketones (excluding diaryl/α,β-unsaturated/α-hetero) is 1. The highest BCUT2D eigenvalue weighted by atomic mass is 16.5. The third-order valence-corrected chi connectivity index (χ3v) is 2.43. The number of hydrogen-bond donors (Lipinski definition) is 3. The van der Waals surface area contributed by atoms with Gasteiger partial charge in [-0.2, -0.15) is 0 Å². The van der Waals surface area contributed by atoms with Crippen molar-refractivity contribution >= 4 is 23.7 Å². The SMILES string of the molecule is CCCNC(=O)NC(=O)COC(=O)c1cc(C(C)=O)c[nH]1. The molecule has 1 rings (SSSR count). The number of ketones is 1. The van der Waals surface area contributed by atoms with Crippen molar-refractivity contribution in [3.63, 3.8) is 0 Å². The van der Waals surface area contributed by atoms with Gasteiger partial charge in [0.1, 0.15) is 5.69 Å². The van der Waals surface area contributed by atoms with Crippen LogP contribution in [0.3, 0.4) is 0 Å². The maximum absolute atomic E-state index is 11.6. The molecule has 3 N–H and O–H groups in total. The van der Waals surface area contributed by atoms with Crippen molar-refractivity contribution in [2.45, 2.75) is 20.3 Å². The fraction of sp³-hybridized carbons (Fsp3) is 0.385. The molecule has 0 saturated carbocycles. The standard InChI is InChI=1S/C13H17N3O5/c1-3-4-14-13(20)16-11(18)7-21-12(19)10-5-9(6-15-10)8(2)17/h5-6,15H,3-4,7H2,1-2H3,(H2,14,16,18,20). The Hall–Kier alpha value is -2.64. The van der Waals surface area contributed by atoms with Crippen LogP contribution < -0.4 is 10.6 Å². The number of nitrogens with one attached hydrogen (secondary N) is 3. The molecule has 0 radical (unpaired) electrons. The summed E-state index contributed by atoms with van der Waals surface area (Å²) >= 11 is 0. The maximum Gasteiger partial charge on any atom is 0.355 e. The predicted octanol–water partition coefficient (Wildman–Crippen LogP) is 0.610. The molecule has 0 unspecified atom stereocenters. The van der Waals surface area contributed by atoms with E-state index in [0.717, 1.165) is 6.42 Å². The summed E-state index contributed by atoms with van der Waals surface area (Å²) in [6, 6.07) is 0.688. The van der Waals surface area contributed by atoms with Crippen LogP contribution in [0.2, 0.25) is 0 Å². The highest BCUT2D eigenvalue weighted by Gasteiger charge is 2.14. The van der Waals surface area contributed by atoms with Gasteiger partial charge >= 0.3 is 12.0 Å². The molecule has 114 valence electrons. The van der Waals surface area contributed by atoms with Gasteiger partial charge in [-0.1, -0.05) is 6.92 Å². The zero-order chi connectivity index (χ0) is 15.8. The molecule has 0 aliphatic rings. The van der Waals surface area contributed by atoms with Gasteiger partial charge in [0.2, 0.25) is 0 Å². The maximum atomic E-state index is 11.6. The van der Waals surface area contributed by atoms with Gasteiger partial charge in [0, 0.05) is 18.3 Å². The zero-order valence-corrected chi connectivity index (χ0v) is 11.8. The topological polar surface area (TPSA) is 117 Å². The zero-order valence-electron chi connectivity index (χ0n) is 11.8. The largest absolute Gasteiger partial charge is 0.451 e. The van der Waals surface area contributed by atoms with Gasteiger partial charge in [0.25, 0.3) is 5.91 Å². The lowest BCUT2D eigenvalue weighted by Gasteiger charge is -2.06. The van der Waals surface area contributed by atoms with Crippen LogP contribution in [0.5, 0.6) is 0 Å². The fourth-order valence-corrected chi connectivity index (χ4v) is 1.37. The second-order valence-electron chi connectivity index (χ2n) is 4.24. The molecule has 8 nitrogen and oxygen atoms in total. The summed E-state index contributed by atoms with van der Waals surface area (Å²) in [5.41, 5.74) is 0.397. The predicted molar refractivity (Wildman–Crippen MR) is 72.9 cm³/mol. The lowest BCUT2D eigenvalue weighted by atomic mass is 10.2. The first-order chi connectivity index (χ1) is 9.93. The fourth-order valence-electron chi connectivity index (χ4n) is 1.37. The number of amides is 3. The Balaban J connectivity index is 2.39. The molecule has 0 spiro atoms. The minimum Gasteiger partial charge on any atom is -0.451 e. The molecule has 1 heterocycles. The van der Waals surface area contributed by atoms with Gasteiger partial charge in [-0.3, -0.25) is 14.9 Å². The van der Waals surface area contributed by atoms with Crippen LogP contribution in [0.1, 0.15) is 41.1 Å². The molecule has 0 atom stereocenters. The van der Waals surface area contributed by atoms with Crippen molar-refractivity contribution < 1.29 is 23.9 Å². The molecule has 0 bridgehead atoms. The molecule has 0 fully saturated rings. The van der Waals surface area contributed by atoms with Gasteiger partial charge in [-0.05, 0) is 19.4 Å². The number of imide groups is 1. The number of carbonyl (C=O) groups excluding carboxylic acids is 4. The lowest BCUT2D eigenvalue weighted by molar-refractivity contribution is -0.123. The normalized spacial score (nSPS) is 9.81. The van der Waals surface area contributed by atoms with Crippen molar-refractivity contribution in [1.82, 2.24) is 15.6 Å². The number of urea groups is 1. The van der Waals surface area contributed by atoms with Crippen LogP contribution in [0.15, 0.2) is 12.3 Å². The highest BCUT2D eigenvalue weighted by Crippen LogP contribution is 2.05. The number of carbonyl (C=O) groups is 4. The number of hydrogen-bond acceptors (Lipinski definition) is 5. The second kappa shape index (κ2) is 7.83. The summed E-state index contributed by atoms with van der Waals surface area (Å²) in [4.78, 5) is 47.8. The Kier molecular flexibility index (Phi) is 6.12. The summed E-state index contributed by atoms with van der Waals surface area (Å²) in [6.07, 6.45) is 2.11. The first kappa shape index (κ1) is 16.4. The summed E-state index contributed by atoms with van der Waals surface area (Å²) in [6.45, 7) is 3.08. The van der Waals surface area contributed by atoms with E-state index >= 15 is 0 Å². The van der Waals surface area contributed by atoms with Crippen LogP contribution >= 0.6 is 0 Å². The van der Waals surface area contributed by atoms with Gasteiger partial charge in [0.15, 0.2) is 12.4 Å². The minimum atomic E-state index is -0.786. The molecule has 1 aromatic heterocycles. The average molecular weight is 295 g/mol. The molecular formula is C13H17N3O5. The van der Waals surface area contributed by atoms with Crippen LogP contribution in [-0.2, 0) is 9.53 Å². The van der Waals surface area contributed by atoms with Crippen molar-refractivity contribution in [2.75, 3.05) is 13.2 Å². The molecule has 0 aliphatic heterocycles. The molecule has 1 aromatic rings. The number of aromatic amines is 1. The smallest absolute Gasteiger partial charge is 0.355 e. The third kappa shape index (κ3) is 5.47. The summed E-state index contributed by atoms with van der Waals surface area (Å²) in [5.74, 6) is -1.72. The van der Waals surface area contributed by atoms with E-state index in [0.29, 0.717) is 12.1 Å². The van der Waals surface area contributed by atoms with Crippen LogP contribution in [0, 0.1) is 0 Å². The van der Waals surface area contributed by atoms with Crippen LogP contribution in [-0.4, -0.2) is 41.8 Å².